The Kier molecular flexibility index (Phi) is 5.22. The molecular formula is C19H26FN5O4. The summed E-state index contributed by atoms with van der Waals surface area (Å²) in [5, 5.41) is 9.16. The Labute approximate surface area is 168 Å². The van der Waals surface area contributed by atoms with E-state index in [9.17, 15) is 14.0 Å². The van der Waals surface area contributed by atoms with Crippen molar-refractivity contribution in [3.8, 4) is 0 Å². The number of rotatable bonds is 4. The number of nitrogens with zero attached hydrogens (tertiary/aromatic N) is 5. The van der Waals surface area contributed by atoms with Crippen LogP contribution in [0.15, 0.2) is 18.2 Å². The number of ether oxygens (including phenoxy) is 1. The Morgan fingerprint density at radius 2 is 1.90 bits per heavy atom. The van der Waals surface area contributed by atoms with Crippen molar-refractivity contribution < 1.29 is 23.8 Å². The van der Waals surface area contributed by atoms with Gasteiger partial charge in [0.15, 0.2) is 0 Å². The van der Waals surface area contributed by atoms with Gasteiger partial charge in [0.25, 0.3) is 0 Å². The first-order valence-electron chi connectivity index (χ1n) is 9.71. The van der Waals surface area contributed by atoms with E-state index >= 15 is 0 Å². The summed E-state index contributed by atoms with van der Waals surface area (Å²) in [5.74, 6) is -0.397. The first kappa shape index (κ1) is 19.7. The van der Waals surface area contributed by atoms with E-state index in [0.717, 1.165) is 13.0 Å². The van der Waals surface area contributed by atoms with Crippen LogP contribution < -0.4 is 9.80 Å². The standard InChI is InChI=1S/C19H26FN5O4/c1-21-11-24(12-22(2)18(21)27)14-5-6-23(8-14)17-4-3-13(7-16(17)20)25-9-15(10-26)29-19(25)28/h3-4,7,14-15,26H,5-6,8-12H2,1-2H3/t14?,15-/m1/s1. The quantitative estimate of drug-likeness (QED) is 0.800. The second-order valence-corrected chi connectivity index (χ2v) is 7.87. The van der Waals surface area contributed by atoms with Crippen LogP contribution in [0.2, 0.25) is 0 Å². The maximum atomic E-state index is 14.9. The molecule has 0 aliphatic carbocycles. The van der Waals surface area contributed by atoms with Crippen molar-refractivity contribution in [3.05, 3.63) is 24.0 Å². The average Bonchev–Trinajstić information content (AvgIpc) is 3.32. The van der Waals surface area contributed by atoms with Crippen molar-refractivity contribution in [3.63, 3.8) is 0 Å². The van der Waals surface area contributed by atoms with Crippen LogP contribution >= 0.6 is 0 Å². The second kappa shape index (κ2) is 7.68. The molecule has 0 bridgehead atoms. The molecule has 3 fully saturated rings. The number of hydrogen-bond donors (Lipinski definition) is 1. The second-order valence-electron chi connectivity index (χ2n) is 7.87. The van der Waals surface area contributed by atoms with Crippen LogP contribution in [0.5, 0.6) is 0 Å². The molecule has 1 aromatic carbocycles. The lowest BCUT2D eigenvalue weighted by Crippen LogP contribution is -2.58. The molecule has 1 aromatic rings. The first-order chi connectivity index (χ1) is 13.9. The van der Waals surface area contributed by atoms with E-state index in [0.29, 0.717) is 31.3 Å². The van der Waals surface area contributed by atoms with E-state index in [4.69, 9.17) is 9.84 Å². The van der Waals surface area contributed by atoms with Gasteiger partial charge in [-0.2, -0.15) is 0 Å². The van der Waals surface area contributed by atoms with Gasteiger partial charge in [-0.05, 0) is 24.6 Å². The van der Waals surface area contributed by atoms with E-state index in [1.54, 1.807) is 36.0 Å². The molecule has 10 heteroatoms. The first-order valence-corrected chi connectivity index (χ1v) is 9.71. The molecule has 3 aliphatic heterocycles. The van der Waals surface area contributed by atoms with E-state index in [2.05, 4.69) is 4.90 Å². The van der Waals surface area contributed by atoms with Gasteiger partial charge in [0.1, 0.15) is 11.9 Å². The molecule has 9 nitrogen and oxygen atoms in total. The van der Waals surface area contributed by atoms with Gasteiger partial charge < -0.3 is 24.5 Å². The van der Waals surface area contributed by atoms with Gasteiger partial charge in [0.2, 0.25) is 0 Å². The molecule has 0 saturated carbocycles. The molecule has 158 valence electrons. The van der Waals surface area contributed by atoms with Crippen LogP contribution in [0.4, 0.5) is 25.4 Å². The number of benzene rings is 1. The van der Waals surface area contributed by atoms with Crippen LogP contribution in [0, 0.1) is 5.82 Å². The van der Waals surface area contributed by atoms with Gasteiger partial charge in [-0.15, -0.1) is 0 Å². The monoisotopic (exact) mass is 407 g/mol. The van der Waals surface area contributed by atoms with Crippen molar-refractivity contribution in [2.24, 2.45) is 0 Å². The van der Waals surface area contributed by atoms with E-state index < -0.39 is 18.0 Å². The normalized spacial score (nSPS) is 25.9. The Balaban J connectivity index is 1.43. The Bertz CT molecular complexity index is 795. The van der Waals surface area contributed by atoms with Crippen molar-refractivity contribution in [1.29, 1.82) is 0 Å². The number of hydrogen-bond acceptors (Lipinski definition) is 6. The predicted molar refractivity (Wildman–Crippen MR) is 104 cm³/mol. The van der Waals surface area contributed by atoms with Gasteiger partial charge in [0, 0.05) is 33.2 Å². The Hall–Kier alpha value is -2.59. The predicted octanol–water partition coefficient (Wildman–Crippen LogP) is 0.936. The summed E-state index contributed by atoms with van der Waals surface area (Å²) in [7, 11) is 3.56. The molecule has 3 aliphatic rings. The highest BCUT2D eigenvalue weighted by Crippen LogP contribution is 2.31. The molecule has 1 unspecified atom stereocenters. The third-order valence-corrected chi connectivity index (χ3v) is 5.78. The molecule has 0 radical (unpaired) electrons. The van der Waals surface area contributed by atoms with Crippen LogP contribution in [0.1, 0.15) is 6.42 Å². The molecule has 0 aromatic heterocycles. The number of aliphatic hydroxyl groups excluding tert-OH is 1. The number of urea groups is 1. The molecule has 0 spiro atoms. The maximum absolute atomic E-state index is 14.9. The molecule has 3 amide bonds. The average molecular weight is 407 g/mol. The van der Waals surface area contributed by atoms with Crippen molar-refractivity contribution in [1.82, 2.24) is 14.7 Å². The van der Waals surface area contributed by atoms with Gasteiger partial charge in [-0.3, -0.25) is 9.80 Å². The summed E-state index contributed by atoms with van der Waals surface area (Å²) in [6.07, 6.45) is -0.282. The third-order valence-electron chi connectivity index (χ3n) is 5.78. The van der Waals surface area contributed by atoms with Crippen molar-refractivity contribution in [2.75, 3.05) is 63.5 Å². The number of carbonyl (C=O) groups is 2. The van der Waals surface area contributed by atoms with E-state index in [1.807, 2.05) is 4.90 Å². The topological polar surface area (TPSA) is 79.8 Å². The molecule has 3 saturated heterocycles. The largest absolute Gasteiger partial charge is 0.441 e. The molecule has 2 atom stereocenters. The highest BCUT2D eigenvalue weighted by Gasteiger charge is 2.35. The summed E-state index contributed by atoms with van der Waals surface area (Å²) in [5.41, 5.74) is 0.915. The van der Waals surface area contributed by atoms with Crippen LogP contribution in [-0.2, 0) is 4.74 Å². The minimum absolute atomic E-state index is 0.00149. The molecule has 1 N–H and O–H groups in total. The maximum Gasteiger partial charge on any atom is 0.414 e. The summed E-state index contributed by atoms with van der Waals surface area (Å²) in [4.78, 5) is 32.8. The number of anilines is 2. The number of halogens is 1. The minimum atomic E-state index is -0.586. The summed E-state index contributed by atoms with van der Waals surface area (Å²) in [6.45, 7) is 2.46. The van der Waals surface area contributed by atoms with Crippen LogP contribution in [0.25, 0.3) is 0 Å². The summed E-state index contributed by atoms with van der Waals surface area (Å²) in [6, 6.07) is 4.95. The van der Waals surface area contributed by atoms with E-state index in [-0.39, 0.29) is 25.2 Å². The zero-order chi connectivity index (χ0) is 20.7. The number of cyclic esters (lactones) is 1. The highest BCUT2D eigenvalue weighted by molar-refractivity contribution is 5.90. The zero-order valence-electron chi connectivity index (χ0n) is 16.6. The van der Waals surface area contributed by atoms with Gasteiger partial charge in [-0.25, -0.2) is 14.0 Å². The number of carbonyl (C=O) groups excluding carboxylic acids is 2. The molecule has 3 heterocycles. The molecular weight excluding hydrogens is 381 g/mol. The lowest BCUT2D eigenvalue weighted by atomic mass is 10.2. The molecule has 29 heavy (non-hydrogen) atoms. The van der Waals surface area contributed by atoms with Crippen LogP contribution in [0.3, 0.4) is 0 Å². The lowest BCUT2D eigenvalue weighted by Gasteiger charge is -2.41. The third kappa shape index (κ3) is 3.69. The summed E-state index contributed by atoms with van der Waals surface area (Å²) < 4.78 is 19.9. The summed E-state index contributed by atoms with van der Waals surface area (Å²) >= 11 is 0. The van der Waals surface area contributed by atoms with Crippen LogP contribution in [-0.4, -0.2) is 97.8 Å². The van der Waals surface area contributed by atoms with E-state index in [1.165, 1.54) is 11.0 Å². The fourth-order valence-corrected chi connectivity index (χ4v) is 4.24. The van der Waals surface area contributed by atoms with Gasteiger partial charge >= 0.3 is 12.1 Å². The fourth-order valence-electron chi connectivity index (χ4n) is 4.24. The number of amides is 3. The SMILES string of the molecule is CN1CN(C2CCN(c3ccc(N4C[C@H](CO)OC4=O)cc3F)C2)CN(C)C1=O. The highest BCUT2D eigenvalue weighted by atomic mass is 19.1. The minimum Gasteiger partial charge on any atom is -0.441 e. The van der Waals surface area contributed by atoms with Crippen molar-refractivity contribution >= 4 is 23.5 Å². The van der Waals surface area contributed by atoms with Crippen molar-refractivity contribution in [2.45, 2.75) is 18.6 Å². The van der Waals surface area contributed by atoms with Gasteiger partial charge in [-0.1, -0.05) is 0 Å². The Morgan fingerprint density at radius 1 is 1.17 bits per heavy atom. The number of aliphatic hydroxyl groups is 1. The zero-order valence-corrected chi connectivity index (χ0v) is 16.6. The smallest absolute Gasteiger partial charge is 0.414 e. The Morgan fingerprint density at radius 3 is 2.52 bits per heavy atom. The fraction of sp³-hybridized carbons (Fsp3) is 0.579. The molecule has 4 rings (SSSR count). The lowest BCUT2D eigenvalue weighted by molar-refractivity contribution is 0.0331. The van der Waals surface area contributed by atoms with Gasteiger partial charge in [0.05, 0.1) is 37.9 Å².